The standard InChI is InChI=1S/C10H19NO4/c1-7(2)10(13)15-8(3)14-9(12)6-11(4)5/h7-8H,6H2,1-5H3. The van der Waals surface area contributed by atoms with Crippen LogP contribution in [-0.2, 0) is 19.1 Å². The van der Waals surface area contributed by atoms with Crippen LogP contribution >= 0.6 is 0 Å². The van der Waals surface area contributed by atoms with Gasteiger partial charge in [0.25, 0.3) is 0 Å². The molecule has 0 aromatic carbocycles. The highest BCUT2D eigenvalue weighted by atomic mass is 16.7. The van der Waals surface area contributed by atoms with Gasteiger partial charge in [0.15, 0.2) is 0 Å². The molecule has 0 bridgehead atoms. The molecule has 0 radical (unpaired) electrons. The Morgan fingerprint density at radius 3 is 2.07 bits per heavy atom. The van der Waals surface area contributed by atoms with Crippen molar-refractivity contribution in [2.45, 2.75) is 27.1 Å². The molecule has 0 aliphatic rings. The van der Waals surface area contributed by atoms with Gasteiger partial charge in [-0.15, -0.1) is 0 Å². The number of esters is 2. The first-order valence-corrected chi connectivity index (χ1v) is 4.87. The number of hydrogen-bond acceptors (Lipinski definition) is 5. The zero-order valence-electron chi connectivity index (χ0n) is 9.94. The lowest BCUT2D eigenvalue weighted by Gasteiger charge is -2.16. The van der Waals surface area contributed by atoms with Gasteiger partial charge < -0.3 is 9.47 Å². The second-order valence-corrected chi connectivity index (χ2v) is 3.89. The Hall–Kier alpha value is -1.10. The van der Waals surface area contributed by atoms with Crippen molar-refractivity contribution in [2.75, 3.05) is 20.6 Å². The van der Waals surface area contributed by atoms with Crippen LogP contribution in [-0.4, -0.2) is 43.8 Å². The number of likely N-dealkylation sites (N-methyl/N-ethyl adjacent to an activating group) is 1. The summed E-state index contributed by atoms with van der Waals surface area (Å²) in [5.74, 6) is -1.01. The molecule has 1 unspecified atom stereocenters. The third-order valence-electron chi connectivity index (χ3n) is 1.50. The van der Waals surface area contributed by atoms with E-state index in [4.69, 9.17) is 9.47 Å². The van der Waals surface area contributed by atoms with Crippen LogP contribution < -0.4 is 0 Å². The molecule has 0 saturated carbocycles. The lowest BCUT2D eigenvalue weighted by atomic mass is 10.2. The largest absolute Gasteiger partial charge is 0.425 e. The van der Waals surface area contributed by atoms with E-state index in [-0.39, 0.29) is 18.4 Å². The summed E-state index contributed by atoms with van der Waals surface area (Å²) in [6.07, 6.45) is -0.827. The van der Waals surface area contributed by atoms with Crippen LogP contribution in [0.15, 0.2) is 0 Å². The topological polar surface area (TPSA) is 55.8 Å². The van der Waals surface area contributed by atoms with E-state index < -0.39 is 12.3 Å². The fourth-order valence-corrected chi connectivity index (χ4v) is 0.804. The Morgan fingerprint density at radius 1 is 1.13 bits per heavy atom. The van der Waals surface area contributed by atoms with Crippen LogP contribution in [0.1, 0.15) is 20.8 Å². The molecule has 5 heteroatoms. The van der Waals surface area contributed by atoms with Gasteiger partial charge in [-0.3, -0.25) is 14.5 Å². The lowest BCUT2D eigenvalue weighted by Crippen LogP contribution is -2.29. The molecule has 0 rings (SSSR count). The summed E-state index contributed by atoms with van der Waals surface area (Å²) in [5, 5.41) is 0. The SMILES string of the molecule is CC(OC(=O)CN(C)C)OC(=O)C(C)C. The third-order valence-corrected chi connectivity index (χ3v) is 1.50. The molecule has 1 atom stereocenters. The average Bonchev–Trinajstić information content (AvgIpc) is 2.00. The monoisotopic (exact) mass is 217 g/mol. The van der Waals surface area contributed by atoms with Crippen molar-refractivity contribution in [1.29, 1.82) is 0 Å². The van der Waals surface area contributed by atoms with Crippen molar-refractivity contribution in [3.63, 3.8) is 0 Å². The minimum Gasteiger partial charge on any atom is -0.425 e. The van der Waals surface area contributed by atoms with Gasteiger partial charge in [0.2, 0.25) is 6.29 Å². The van der Waals surface area contributed by atoms with Gasteiger partial charge in [-0.1, -0.05) is 13.8 Å². The van der Waals surface area contributed by atoms with Gasteiger partial charge in [0, 0.05) is 6.92 Å². The summed E-state index contributed by atoms with van der Waals surface area (Å²) in [6, 6.07) is 0. The van der Waals surface area contributed by atoms with Crippen LogP contribution in [0.25, 0.3) is 0 Å². The van der Waals surface area contributed by atoms with Crippen LogP contribution in [0, 0.1) is 5.92 Å². The molecule has 0 fully saturated rings. The molecule has 0 amide bonds. The molecular formula is C10H19NO4. The predicted octanol–water partition coefficient (Wildman–Crippen LogP) is 0.636. The highest BCUT2D eigenvalue weighted by molar-refractivity contribution is 5.73. The van der Waals surface area contributed by atoms with E-state index >= 15 is 0 Å². The van der Waals surface area contributed by atoms with Crippen LogP contribution in [0.2, 0.25) is 0 Å². The van der Waals surface area contributed by atoms with E-state index in [2.05, 4.69) is 0 Å². The van der Waals surface area contributed by atoms with Crippen molar-refractivity contribution in [1.82, 2.24) is 4.90 Å². The highest BCUT2D eigenvalue weighted by Gasteiger charge is 2.16. The molecule has 0 aromatic rings. The number of carbonyl (C=O) groups excluding carboxylic acids is 2. The molecule has 5 nitrogen and oxygen atoms in total. The molecule has 0 saturated heterocycles. The normalized spacial score (nSPS) is 12.7. The molecule has 15 heavy (non-hydrogen) atoms. The van der Waals surface area contributed by atoms with Gasteiger partial charge in [-0.05, 0) is 14.1 Å². The van der Waals surface area contributed by atoms with Gasteiger partial charge in [0.1, 0.15) is 0 Å². The zero-order valence-corrected chi connectivity index (χ0v) is 9.94. The lowest BCUT2D eigenvalue weighted by molar-refractivity contribution is -0.187. The summed E-state index contributed by atoms with van der Waals surface area (Å²) in [5.41, 5.74) is 0. The van der Waals surface area contributed by atoms with Crippen molar-refractivity contribution in [2.24, 2.45) is 5.92 Å². The molecule has 0 aliphatic heterocycles. The smallest absolute Gasteiger partial charge is 0.323 e. The van der Waals surface area contributed by atoms with Crippen molar-refractivity contribution in [3.05, 3.63) is 0 Å². The average molecular weight is 217 g/mol. The molecule has 0 N–H and O–H groups in total. The van der Waals surface area contributed by atoms with Gasteiger partial charge in [0.05, 0.1) is 12.5 Å². The fraction of sp³-hybridized carbons (Fsp3) is 0.800. The zero-order chi connectivity index (χ0) is 12.0. The first-order chi connectivity index (χ1) is 6.82. The number of ether oxygens (including phenoxy) is 2. The molecule has 88 valence electrons. The second-order valence-electron chi connectivity index (χ2n) is 3.89. The Morgan fingerprint density at radius 2 is 1.67 bits per heavy atom. The van der Waals surface area contributed by atoms with Crippen molar-refractivity contribution < 1.29 is 19.1 Å². The van der Waals surface area contributed by atoms with Crippen LogP contribution in [0.5, 0.6) is 0 Å². The van der Waals surface area contributed by atoms with Crippen LogP contribution in [0.4, 0.5) is 0 Å². The fourth-order valence-electron chi connectivity index (χ4n) is 0.804. The van der Waals surface area contributed by atoms with E-state index in [1.165, 1.54) is 6.92 Å². The van der Waals surface area contributed by atoms with Crippen molar-refractivity contribution in [3.8, 4) is 0 Å². The predicted molar refractivity (Wildman–Crippen MR) is 55.0 cm³/mol. The van der Waals surface area contributed by atoms with E-state index in [0.717, 1.165) is 0 Å². The van der Waals surface area contributed by atoms with Crippen molar-refractivity contribution >= 4 is 11.9 Å². The highest BCUT2D eigenvalue weighted by Crippen LogP contribution is 2.02. The summed E-state index contributed by atoms with van der Waals surface area (Å²) in [6.45, 7) is 5.13. The summed E-state index contributed by atoms with van der Waals surface area (Å²) < 4.78 is 9.72. The minimum absolute atomic E-state index is 0.170. The van der Waals surface area contributed by atoms with E-state index in [0.29, 0.717) is 0 Å². The van der Waals surface area contributed by atoms with Gasteiger partial charge in [-0.2, -0.15) is 0 Å². The first-order valence-electron chi connectivity index (χ1n) is 4.87. The van der Waals surface area contributed by atoms with Gasteiger partial charge in [-0.25, -0.2) is 0 Å². The van der Waals surface area contributed by atoms with E-state index in [9.17, 15) is 9.59 Å². The second kappa shape index (κ2) is 6.40. The number of nitrogens with zero attached hydrogens (tertiary/aromatic N) is 1. The molecule has 0 aliphatic carbocycles. The van der Waals surface area contributed by atoms with E-state index in [1.54, 1.807) is 32.8 Å². The maximum atomic E-state index is 11.2. The third kappa shape index (κ3) is 6.90. The number of carbonyl (C=O) groups is 2. The quantitative estimate of drug-likeness (QED) is 0.499. The molecular weight excluding hydrogens is 198 g/mol. The minimum atomic E-state index is -0.827. The Bertz CT molecular complexity index is 225. The molecule has 0 aromatic heterocycles. The Kier molecular flexibility index (Phi) is 5.93. The maximum absolute atomic E-state index is 11.2. The van der Waals surface area contributed by atoms with E-state index in [1.807, 2.05) is 0 Å². The number of rotatable bonds is 5. The number of hydrogen-bond donors (Lipinski definition) is 0. The molecule has 0 spiro atoms. The Labute approximate surface area is 90.3 Å². The van der Waals surface area contributed by atoms with Crippen LogP contribution in [0.3, 0.4) is 0 Å². The summed E-state index contributed by atoms with van der Waals surface area (Å²) in [7, 11) is 3.51. The summed E-state index contributed by atoms with van der Waals surface area (Å²) >= 11 is 0. The van der Waals surface area contributed by atoms with Gasteiger partial charge >= 0.3 is 11.9 Å². The molecule has 0 heterocycles. The maximum Gasteiger partial charge on any atom is 0.323 e. The Balaban J connectivity index is 3.88. The summed E-state index contributed by atoms with van der Waals surface area (Å²) in [4.78, 5) is 24.0. The first kappa shape index (κ1) is 13.9.